The molecule has 0 saturated heterocycles. The predicted octanol–water partition coefficient (Wildman–Crippen LogP) is 2.14. The van der Waals surface area contributed by atoms with Crippen molar-refractivity contribution in [3.05, 3.63) is 59.9 Å². The molecule has 0 saturated carbocycles. The van der Waals surface area contributed by atoms with E-state index in [2.05, 4.69) is 10.3 Å². The number of nitrogens with zero attached hydrogens (tertiary/aromatic N) is 2. The van der Waals surface area contributed by atoms with E-state index in [1.54, 1.807) is 24.3 Å². The van der Waals surface area contributed by atoms with Crippen LogP contribution in [0.3, 0.4) is 0 Å². The lowest BCUT2D eigenvalue weighted by molar-refractivity contribution is -0.138. The summed E-state index contributed by atoms with van der Waals surface area (Å²) in [4.78, 5) is 27.1. The number of nitrogens with two attached hydrogens (primary N) is 1. The van der Waals surface area contributed by atoms with Crippen LogP contribution in [-0.2, 0) is 4.79 Å². The van der Waals surface area contributed by atoms with Gasteiger partial charge in [-0.1, -0.05) is 18.2 Å². The van der Waals surface area contributed by atoms with E-state index in [0.717, 1.165) is 0 Å². The molecular weight excluding hydrogens is 388 g/mol. The van der Waals surface area contributed by atoms with Crippen molar-refractivity contribution in [1.29, 1.82) is 5.26 Å². The summed E-state index contributed by atoms with van der Waals surface area (Å²) in [6.45, 7) is -0.0306. The van der Waals surface area contributed by atoms with Crippen LogP contribution in [0.4, 0.5) is 0 Å². The number of carbonyl (C=O) groups excluding carboxylic acids is 1. The third-order valence-corrected chi connectivity index (χ3v) is 4.31. The summed E-state index contributed by atoms with van der Waals surface area (Å²) in [6.07, 6.45) is 0.000703. The Morgan fingerprint density at radius 2 is 1.90 bits per heavy atom. The Balaban J connectivity index is 1.88. The Kier molecular flexibility index (Phi) is 6.10. The van der Waals surface area contributed by atoms with Gasteiger partial charge in [0.05, 0.1) is 0 Å². The average molecular weight is 406 g/mol. The van der Waals surface area contributed by atoms with Crippen molar-refractivity contribution in [3.63, 3.8) is 0 Å². The van der Waals surface area contributed by atoms with Crippen LogP contribution in [0.25, 0.3) is 10.8 Å². The highest BCUT2D eigenvalue weighted by Crippen LogP contribution is 2.33. The van der Waals surface area contributed by atoms with Crippen LogP contribution in [0, 0.1) is 11.3 Å². The maximum Gasteiger partial charge on any atom is 0.320 e. The molecule has 1 atom stereocenters. The highest BCUT2D eigenvalue weighted by molar-refractivity contribution is 6.03. The van der Waals surface area contributed by atoms with Crippen molar-refractivity contribution >= 4 is 22.6 Å². The molecule has 9 heteroatoms. The third kappa shape index (κ3) is 4.45. The minimum atomic E-state index is -1.18. The van der Waals surface area contributed by atoms with E-state index in [-0.39, 0.29) is 29.7 Å². The molecular formula is C21H18N4O5. The molecule has 1 aromatic heterocycles. The van der Waals surface area contributed by atoms with Gasteiger partial charge < -0.3 is 26.0 Å². The van der Waals surface area contributed by atoms with Crippen molar-refractivity contribution in [2.75, 3.05) is 6.54 Å². The fourth-order valence-corrected chi connectivity index (χ4v) is 2.76. The summed E-state index contributed by atoms with van der Waals surface area (Å²) in [6, 6.07) is 14.5. The van der Waals surface area contributed by atoms with Crippen LogP contribution in [0.5, 0.6) is 17.2 Å². The van der Waals surface area contributed by atoms with E-state index in [1.807, 2.05) is 24.3 Å². The van der Waals surface area contributed by atoms with Gasteiger partial charge in [0.1, 0.15) is 29.3 Å². The third-order valence-electron chi connectivity index (χ3n) is 4.31. The van der Waals surface area contributed by atoms with Crippen LogP contribution < -0.4 is 15.8 Å². The maximum atomic E-state index is 12.4. The number of carboxylic acids is 1. The molecule has 0 fully saturated rings. The molecule has 9 nitrogen and oxygen atoms in total. The first-order valence-corrected chi connectivity index (χ1v) is 8.97. The van der Waals surface area contributed by atoms with E-state index in [9.17, 15) is 20.0 Å². The van der Waals surface area contributed by atoms with Gasteiger partial charge in [0, 0.05) is 17.3 Å². The molecule has 0 radical (unpaired) electrons. The number of aliphatic carboxylic acids is 1. The summed E-state index contributed by atoms with van der Waals surface area (Å²) in [5, 5.41) is 31.8. The highest BCUT2D eigenvalue weighted by Gasteiger charge is 2.20. The second-order valence-electron chi connectivity index (χ2n) is 6.38. The van der Waals surface area contributed by atoms with E-state index < -0.39 is 23.7 Å². The number of aromatic nitrogens is 1. The number of benzene rings is 2. The number of para-hydroxylation sites is 1. The van der Waals surface area contributed by atoms with Gasteiger partial charge in [-0.05, 0) is 36.8 Å². The number of nitriles is 1. The van der Waals surface area contributed by atoms with Gasteiger partial charge in [0.25, 0.3) is 5.91 Å². The largest absolute Gasteiger partial charge is 0.505 e. The summed E-state index contributed by atoms with van der Waals surface area (Å²) >= 11 is 0. The molecule has 1 heterocycles. The lowest BCUT2D eigenvalue weighted by Crippen LogP contribution is -2.35. The van der Waals surface area contributed by atoms with Crippen molar-refractivity contribution in [1.82, 2.24) is 10.3 Å². The van der Waals surface area contributed by atoms with Gasteiger partial charge in [-0.15, -0.1) is 0 Å². The van der Waals surface area contributed by atoms with E-state index in [0.29, 0.717) is 16.9 Å². The molecule has 0 aliphatic heterocycles. The Hall–Kier alpha value is -4.16. The molecule has 0 spiro atoms. The van der Waals surface area contributed by atoms with Crippen LogP contribution in [-0.4, -0.2) is 39.7 Å². The van der Waals surface area contributed by atoms with E-state index >= 15 is 0 Å². The molecule has 0 bridgehead atoms. The van der Waals surface area contributed by atoms with Crippen LogP contribution >= 0.6 is 0 Å². The number of pyridine rings is 1. The normalized spacial score (nSPS) is 11.5. The van der Waals surface area contributed by atoms with Crippen LogP contribution in [0.15, 0.2) is 48.5 Å². The van der Waals surface area contributed by atoms with Crippen molar-refractivity contribution in [2.45, 2.75) is 12.5 Å². The quantitative estimate of drug-likeness (QED) is 0.464. The van der Waals surface area contributed by atoms with Gasteiger partial charge in [-0.25, -0.2) is 4.98 Å². The number of ether oxygens (including phenoxy) is 1. The Bertz CT molecular complexity index is 1140. The molecule has 0 aliphatic carbocycles. The SMILES string of the molecule is N#Cc1nc(C(=O)NCC[C@H](N)C(=O)O)c(O)c2ccc(Oc3ccccc3)cc12. The zero-order chi connectivity index (χ0) is 21.7. The number of carbonyl (C=O) groups is 2. The highest BCUT2D eigenvalue weighted by atomic mass is 16.5. The first-order valence-electron chi connectivity index (χ1n) is 8.97. The lowest BCUT2D eigenvalue weighted by Gasteiger charge is -2.12. The second kappa shape index (κ2) is 8.89. The maximum absolute atomic E-state index is 12.4. The molecule has 5 N–H and O–H groups in total. The number of nitrogens with one attached hydrogen (secondary N) is 1. The van der Waals surface area contributed by atoms with Crippen molar-refractivity contribution in [2.24, 2.45) is 5.73 Å². The minimum Gasteiger partial charge on any atom is -0.505 e. The zero-order valence-electron chi connectivity index (χ0n) is 15.7. The number of fused-ring (bicyclic) bond motifs is 1. The molecule has 3 rings (SSSR count). The molecule has 30 heavy (non-hydrogen) atoms. The molecule has 152 valence electrons. The van der Waals surface area contributed by atoms with Gasteiger partial charge in [0.15, 0.2) is 11.4 Å². The summed E-state index contributed by atoms with van der Waals surface area (Å²) in [7, 11) is 0. The standard InChI is InChI=1S/C21H18N4O5/c22-11-17-15-10-13(30-12-4-2-1-3-5-12)6-7-14(15)19(26)18(25-17)20(27)24-9-8-16(23)21(28)29/h1-7,10,16,26H,8-9,23H2,(H,24,27)(H,28,29)/t16-/m0/s1. The number of rotatable bonds is 7. The molecule has 3 aromatic rings. The fraction of sp³-hybridized carbons (Fsp3) is 0.143. The molecule has 0 unspecified atom stereocenters. The van der Waals surface area contributed by atoms with Crippen LogP contribution in [0.2, 0.25) is 0 Å². The van der Waals surface area contributed by atoms with Gasteiger partial charge in [-0.3, -0.25) is 9.59 Å². The number of carboxylic acid groups (broad SMARTS) is 1. The molecule has 2 aromatic carbocycles. The lowest BCUT2D eigenvalue weighted by atomic mass is 10.1. The monoisotopic (exact) mass is 406 g/mol. The second-order valence-corrected chi connectivity index (χ2v) is 6.38. The number of hydrogen-bond donors (Lipinski definition) is 4. The number of hydrogen-bond acceptors (Lipinski definition) is 7. The first-order chi connectivity index (χ1) is 14.4. The van der Waals surface area contributed by atoms with E-state index in [4.69, 9.17) is 15.6 Å². The zero-order valence-corrected chi connectivity index (χ0v) is 15.7. The Morgan fingerprint density at radius 1 is 1.17 bits per heavy atom. The van der Waals surface area contributed by atoms with Gasteiger partial charge >= 0.3 is 5.97 Å². The number of amides is 1. The van der Waals surface area contributed by atoms with Crippen LogP contribution in [0.1, 0.15) is 22.6 Å². The minimum absolute atomic E-state index is 0.000703. The summed E-state index contributed by atoms with van der Waals surface area (Å²) in [5.74, 6) is -1.28. The van der Waals surface area contributed by atoms with E-state index in [1.165, 1.54) is 6.07 Å². The summed E-state index contributed by atoms with van der Waals surface area (Å²) < 4.78 is 5.74. The van der Waals surface area contributed by atoms with Crippen molar-refractivity contribution < 1.29 is 24.5 Å². The molecule has 1 amide bonds. The van der Waals surface area contributed by atoms with Gasteiger partial charge in [-0.2, -0.15) is 5.26 Å². The topological polar surface area (TPSA) is 159 Å². The van der Waals surface area contributed by atoms with Gasteiger partial charge in [0.2, 0.25) is 0 Å². The Morgan fingerprint density at radius 3 is 2.57 bits per heavy atom. The predicted molar refractivity (Wildman–Crippen MR) is 107 cm³/mol. The molecule has 0 aliphatic rings. The fourth-order valence-electron chi connectivity index (χ4n) is 2.76. The smallest absolute Gasteiger partial charge is 0.320 e. The Labute approximate surface area is 171 Å². The average Bonchev–Trinajstić information content (AvgIpc) is 2.74. The first kappa shape index (κ1) is 20.6. The number of aromatic hydroxyl groups is 1. The van der Waals surface area contributed by atoms with Crippen molar-refractivity contribution in [3.8, 4) is 23.3 Å². The summed E-state index contributed by atoms with van der Waals surface area (Å²) in [5.41, 5.74) is 4.99.